The molecule has 1 aromatic carbocycles. The van der Waals surface area contributed by atoms with Gasteiger partial charge in [0, 0.05) is 30.8 Å². The van der Waals surface area contributed by atoms with Crippen LogP contribution < -0.4 is 11.2 Å². The van der Waals surface area contributed by atoms with Crippen LogP contribution in [0.3, 0.4) is 0 Å². The number of H-pyrrole nitrogens is 1. The van der Waals surface area contributed by atoms with Crippen molar-refractivity contribution >= 4 is 0 Å². The van der Waals surface area contributed by atoms with Gasteiger partial charge < -0.3 is 14.0 Å². The zero-order valence-electron chi connectivity index (χ0n) is 12.2. The number of hydrogen-bond donors (Lipinski definition) is 1. The van der Waals surface area contributed by atoms with Crippen molar-refractivity contribution in [3.05, 3.63) is 69.0 Å². The van der Waals surface area contributed by atoms with E-state index in [0.29, 0.717) is 32.6 Å². The zero-order valence-corrected chi connectivity index (χ0v) is 12.2. The number of nitrogens with zero attached hydrogens (tertiary/aromatic N) is 1. The Hall–Kier alpha value is -2.18. The summed E-state index contributed by atoms with van der Waals surface area (Å²) in [5.41, 5.74) is 0.209. The fourth-order valence-electron chi connectivity index (χ4n) is 2.70. The molecule has 6 heteroatoms. The minimum absolute atomic E-state index is 0.385. The highest BCUT2D eigenvalue weighted by Crippen LogP contribution is 2.35. The van der Waals surface area contributed by atoms with E-state index >= 15 is 0 Å². The Labute approximate surface area is 127 Å². The first-order chi connectivity index (χ1) is 10.7. The number of benzene rings is 1. The average Bonchev–Trinajstić information content (AvgIpc) is 3.00. The molecule has 2 aromatic rings. The topological polar surface area (TPSA) is 73.3 Å². The molecule has 1 saturated heterocycles. The Morgan fingerprint density at radius 1 is 1.09 bits per heavy atom. The molecule has 0 radical (unpaired) electrons. The molecule has 1 aliphatic rings. The van der Waals surface area contributed by atoms with Crippen molar-refractivity contribution in [2.75, 3.05) is 13.2 Å². The molecule has 1 N–H and O–H groups in total. The van der Waals surface area contributed by atoms with E-state index in [-0.39, 0.29) is 5.56 Å². The summed E-state index contributed by atoms with van der Waals surface area (Å²) < 4.78 is 13.2. The van der Waals surface area contributed by atoms with Crippen molar-refractivity contribution in [2.45, 2.75) is 25.2 Å². The van der Waals surface area contributed by atoms with Gasteiger partial charge in [0.25, 0.3) is 5.56 Å². The van der Waals surface area contributed by atoms with E-state index in [1.807, 2.05) is 30.3 Å². The normalized spacial score (nSPS) is 16.7. The van der Waals surface area contributed by atoms with E-state index in [9.17, 15) is 9.59 Å². The largest absolute Gasteiger partial charge is 0.343 e. The van der Waals surface area contributed by atoms with Crippen LogP contribution >= 0.6 is 0 Å². The summed E-state index contributed by atoms with van der Waals surface area (Å²) in [4.78, 5) is 25.0. The number of aryl methyl sites for hydroxylation is 1. The second-order valence-corrected chi connectivity index (χ2v) is 5.22. The maximum atomic E-state index is 11.7. The van der Waals surface area contributed by atoms with Gasteiger partial charge >= 0.3 is 5.69 Å². The summed E-state index contributed by atoms with van der Waals surface area (Å²) in [6.07, 6.45) is 2.84. The van der Waals surface area contributed by atoms with Crippen molar-refractivity contribution in [2.24, 2.45) is 0 Å². The predicted molar refractivity (Wildman–Crippen MR) is 80.6 cm³/mol. The summed E-state index contributed by atoms with van der Waals surface area (Å²) in [5.74, 6) is -0.729. The third-order valence-electron chi connectivity index (χ3n) is 3.77. The van der Waals surface area contributed by atoms with Crippen molar-refractivity contribution in [3.63, 3.8) is 0 Å². The van der Waals surface area contributed by atoms with Crippen LogP contribution in [-0.4, -0.2) is 22.8 Å². The van der Waals surface area contributed by atoms with Gasteiger partial charge in [-0.3, -0.25) is 9.78 Å². The molecular formula is C16H18N2O4. The first-order valence-corrected chi connectivity index (χ1v) is 7.33. The third kappa shape index (κ3) is 3.03. The lowest BCUT2D eigenvalue weighted by molar-refractivity contribution is -0.172. The molecule has 0 spiro atoms. The Kier molecular flexibility index (Phi) is 4.22. The number of aromatic nitrogens is 2. The minimum atomic E-state index is -0.729. The van der Waals surface area contributed by atoms with Gasteiger partial charge in [-0.1, -0.05) is 30.3 Å². The number of aromatic amines is 1. The van der Waals surface area contributed by atoms with Crippen LogP contribution in [0.1, 0.15) is 18.4 Å². The predicted octanol–water partition coefficient (Wildman–Crippen LogP) is 1.22. The molecule has 1 fully saturated rings. The lowest BCUT2D eigenvalue weighted by atomic mass is 10.0. The van der Waals surface area contributed by atoms with Crippen LogP contribution in [0.25, 0.3) is 0 Å². The fraction of sp³-hybridized carbons (Fsp3) is 0.375. The van der Waals surface area contributed by atoms with E-state index in [2.05, 4.69) is 4.98 Å². The van der Waals surface area contributed by atoms with Crippen LogP contribution in [0, 0.1) is 0 Å². The van der Waals surface area contributed by atoms with Crippen molar-refractivity contribution in [1.29, 1.82) is 0 Å². The smallest absolute Gasteiger partial charge is 0.328 e. The third-order valence-corrected chi connectivity index (χ3v) is 3.77. The second kappa shape index (κ2) is 6.29. The van der Waals surface area contributed by atoms with E-state index in [1.165, 1.54) is 16.8 Å². The molecule has 22 heavy (non-hydrogen) atoms. The molecule has 1 aliphatic heterocycles. The second-order valence-electron chi connectivity index (χ2n) is 5.22. The van der Waals surface area contributed by atoms with Gasteiger partial charge in [0.1, 0.15) is 0 Å². The standard InChI is InChI=1S/C16H18N2O4/c19-14-7-10-18(15(20)17-14)9-4-8-16(21-11-12-22-16)13-5-2-1-3-6-13/h1-3,5-7,10H,4,8-9,11-12H2,(H,17,19,20). The van der Waals surface area contributed by atoms with E-state index in [1.54, 1.807) is 0 Å². The monoisotopic (exact) mass is 302 g/mol. The molecule has 0 saturated carbocycles. The molecule has 0 amide bonds. The lowest BCUT2D eigenvalue weighted by Crippen LogP contribution is -2.31. The quantitative estimate of drug-likeness (QED) is 0.901. The van der Waals surface area contributed by atoms with E-state index < -0.39 is 11.5 Å². The summed E-state index contributed by atoms with van der Waals surface area (Å²) in [7, 11) is 0. The highest BCUT2D eigenvalue weighted by Gasteiger charge is 2.37. The van der Waals surface area contributed by atoms with E-state index in [0.717, 1.165) is 5.56 Å². The first kappa shape index (κ1) is 14.7. The molecule has 1 aromatic heterocycles. The molecule has 3 rings (SSSR count). The number of ether oxygens (including phenoxy) is 2. The Bertz CT molecular complexity index is 730. The SMILES string of the molecule is O=c1ccn(CCCC2(c3ccccc3)OCCO2)c(=O)[nH]1. The molecular weight excluding hydrogens is 284 g/mol. The Morgan fingerprint density at radius 3 is 2.50 bits per heavy atom. The van der Waals surface area contributed by atoms with Gasteiger partial charge in [-0.05, 0) is 6.42 Å². The summed E-state index contributed by atoms with van der Waals surface area (Å²) >= 11 is 0. The van der Waals surface area contributed by atoms with Gasteiger partial charge in [0.15, 0.2) is 5.79 Å². The van der Waals surface area contributed by atoms with Gasteiger partial charge in [-0.2, -0.15) is 0 Å². The average molecular weight is 302 g/mol. The molecule has 0 unspecified atom stereocenters. The molecule has 0 bridgehead atoms. The zero-order chi connectivity index (χ0) is 15.4. The summed E-state index contributed by atoms with van der Waals surface area (Å²) in [6, 6.07) is 11.2. The number of hydrogen-bond acceptors (Lipinski definition) is 4. The first-order valence-electron chi connectivity index (χ1n) is 7.33. The van der Waals surface area contributed by atoms with Gasteiger partial charge in [-0.15, -0.1) is 0 Å². The lowest BCUT2D eigenvalue weighted by Gasteiger charge is -2.28. The van der Waals surface area contributed by atoms with Gasteiger partial charge in [0.05, 0.1) is 13.2 Å². The van der Waals surface area contributed by atoms with Crippen LogP contribution in [0.5, 0.6) is 0 Å². The maximum Gasteiger partial charge on any atom is 0.328 e. The molecule has 2 heterocycles. The van der Waals surface area contributed by atoms with E-state index in [4.69, 9.17) is 9.47 Å². The van der Waals surface area contributed by atoms with Gasteiger partial charge in [0.2, 0.25) is 0 Å². The molecule has 116 valence electrons. The highest BCUT2D eigenvalue weighted by molar-refractivity contribution is 5.20. The number of rotatable bonds is 5. The molecule has 0 aliphatic carbocycles. The van der Waals surface area contributed by atoms with Crippen molar-refractivity contribution < 1.29 is 9.47 Å². The minimum Gasteiger partial charge on any atom is -0.343 e. The van der Waals surface area contributed by atoms with Crippen molar-refractivity contribution in [1.82, 2.24) is 9.55 Å². The number of nitrogens with one attached hydrogen (secondary N) is 1. The Morgan fingerprint density at radius 2 is 1.82 bits per heavy atom. The van der Waals surface area contributed by atoms with Crippen LogP contribution in [0.4, 0.5) is 0 Å². The molecule has 6 nitrogen and oxygen atoms in total. The van der Waals surface area contributed by atoms with Gasteiger partial charge in [-0.25, -0.2) is 4.79 Å². The van der Waals surface area contributed by atoms with Crippen LogP contribution in [0.15, 0.2) is 52.2 Å². The van der Waals surface area contributed by atoms with Crippen LogP contribution in [-0.2, 0) is 21.8 Å². The van der Waals surface area contributed by atoms with Crippen molar-refractivity contribution in [3.8, 4) is 0 Å². The molecule has 0 atom stereocenters. The summed E-state index contributed by atoms with van der Waals surface area (Å²) in [6.45, 7) is 1.62. The maximum absolute atomic E-state index is 11.7. The Balaban J connectivity index is 1.71. The van der Waals surface area contributed by atoms with Crippen LogP contribution in [0.2, 0.25) is 0 Å². The highest BCUT2D eigenvalue weighted by atomic mass is 16.7. The fourth-order valence-corrected chi connectivity index (χ4v) is 2.70. The summed E-state index contributed by atoms with van der Waals surface area (Å²) in [5, 5.41) is 0.